The van der Waals surface area contributed by atoms with Crippen molar-refractivity contribution in [3.63, 3.8) is 0 Å². The van der Waals surface area contributed by atoms with E-state index in [1.807, 2.05) is 0 Å². The Morgan fingerprint density at radius 3 is 2.74 bits per heavy atom. The third-order valence-electron chi connectivity index (χ3n) is 3.44. The molecule has 3 N–H and O–H groups in total. The van der Waals surface area contributed by atoms with Crippen molar-refractivity contribution in [2.45, 2.75) is 12.8 Å². The van der Waals surface area contributed by atoms with E-state index in [-0.39, 0.29) is 5.84 Å². The fraction of sp³-hybridized carbons (Fsp3) is 0.615. The summed E-state index contributed by atoms with van der Waals surface area (Å²) < 4.78 is 0. The van der Waals surface area contributed by atoms with Gasteiger partial charge in [0.05, 0.1) is 0 Å². The van der Waals surface area contributed by atoms with Crippen LogP contribution in [0.25, 0.3) is 0 Å². The van der Waals surface area contributed by atoms with Crippen LogP contribution in [0.5, 0.6) is 0 Å². The molecule has 2 heterocycles. The van der Waals surface area contributed by atoms with Crippen molar-refractivity contribution in [2.24, 2.45) is 11.7 Å². The number of hydrogen-bond acceptors (Lipinski definition) is 5. The molecule has 0 spiro atoms. The summed E-state index contributed by atoms with van der Waals surface area (Å²) in [4.78, 5) is 13.0. The highest BCUT2D eigenvalue weighted by Crippen LogP contribution is 2.20. The van der Waals surface area contributed by atoms with E-state index in [4.69, 9.17) is 11.1 Å². The predicted octanol–water partition coefficient (Wildman–Crippen LogP) is 0.539. The highest BCUT2D eigenvalue weighted by molar-refractivity contribution is 5.93. The highest BCUT2D eigenvalue weighted by Gasteiger charge is 2.21. The van der Waals surface area contributed by atoms with Gasteiger partial charge in [-0.1, -0.05) is 0 Å². The molecule has 1 aliphatic heterocycles. The quantitative estimate of drug-likeness (QED) is 0.611. The highest BCUT2D eigenvalue weighted by atomic mass is 15.3. The van der Waals surface area contributed by atoms with Gasteiger partial charge in [0.1, 0.15) is 11.5 Å². The van der Waals surface area contributed by atoms with Crippen LogP contribution in [-0.2, 0) is 0 Å². The number of piperidine rings is 1. The van der Waals surface area contributed by atoms with E-state index in [1.165, 1.54) is 0 Å². The maximum absolute atomic E-state index is 7.42. The van der Waals surface area contributed by atoms with Crippen LogP contribution in [0, 0.1) is 11.3 Å². The summed E-state index contributed by atoms with van der Waals surface area (Å²) >= 11 is 0. The lowest BCUT2D eigenvalue weighted by Gasteiger charge is -2.33. The van der Waals surface area contributed by atoms with Crippen LogP contribution in [0.2, 0.25) is 0 Å². The average Bonchev–Trinajstić information content (AvgIpc) is 2.39. The molecule has 0 bridgehead atoms. The van der Waals surface area contributed by atoms with Gasteiger partial charge in [-0.15, -0.1) is 0 Å². The van der Waals surface area contributed by atoms with Gasteiger partial charge >= 0.3 is 0 Å². The SMILES string of the molecule is CN(C)CC1CCN(c2nccc(C(=N)N)n2)CC1. The molecule has 0 aliphatic carbocycles. The number of anilines is 1. The molecule has 0 radical (unpaired) electrons. The molecule has 1 aromatic heterocycles. The van der Waals surface area contributed by atoms with Crippen LogP contribution < -0.4 is 10.6 Å². The molecule has 0 saturated carbocycles. The zero-order chi connectivity index (χ0) is 13.8. The molecule has 104 valence electrons. The third-order valence-corrected chi connectivity index (χ3v) is 3.44. The van der Waals surface area contributed by atoms with Crippen molar-refractivity contribution in [1.82, 2.24) is 14.9 Å². The van der Waals surface area contributed by atoms with Crippen molar-refractivity contribution in [3.8, 4) is 0 Å². The first-order valence-electron chi connectivity index (χ1n) is 6.63. The molecule has 1 aliphatic rings. The van der Waals surface area contributed by atoms with E-state index in [0.29, 0.717) is 11.6 Å². The fourth-order valence-corrected chi connectivity index (χ4v) is 2.48. The predicted molar refractivity (Wildman–Crippen MR) is 76.5 cm³/mol. The smallest absolute Gasteiger partial charge is 0.225 e. The summed E-state index contributed by atoms with van der Waals surface area (Å²) in [6.45, 7) is 3.09. The van der Waals surface area contributed by atoms with E-state index in [0.717, 1.165) is 38.4 Å². The Hall–Kier alpha value is -1.69. The summed E-state index contributed by atoms with van der Waals surface area (Å²) in [5.41, 5.74) is 5.96. The maximum atomic E-state index is 7.42. The summed E-state index contributed by atoms with van der Waals surface area (Å²) in [5, 5.41) is 7.42. The molecule has 0 atom stereocenters. The van der Waals surface area contributed by atoms with Gasteiger partial charge in [-0.25, -0.2) is 9.97 Å². The van der Waals surface area contributed by atoms with Crippen LogP contribution >= 0.6 is 0 Å². The lowest BCUT2D eigenvalue weighted by molar-refractivity contribution is 0.284. The summed E-state index contributed by atoms with van der Waals surface area (Å²) in [7, 11) is 4.23. The minimum atomic E-state index is -0.00820. The van der Waals surface area contributed by atoms with Gasteiger partial charge in [0.15, 0.2) is 0 Å². The Morgan fingerprint density at radius 2 is 2.16 bits per heavy atom. The van der Waals surface area contributed by atoms with E-state index in [2.05, 4.69) is 33.9 Å². The molecule has 2 rings (SSSR count). The Balaban J connectivity index is 1.97. The van der Waals surface area contributed by atoms with Crippen LogP contribution in [0.4, 0.5) is 5.95 Å². The molecule has 19 heavy (non-hydrogen) atoms. The van der Waals surface area contributed by atoms with E-state index in [9.17, 15) is 0 Å². The van der Waals surface area contributed by atoms with Crippen molar-refractivity contribution in [2.75, 3.05) is 38.6 Å². The Morgan fingerprint density at radius 1 is 1.47 bits per heavy atom. The molecule has 1 saturated heterocycles. The van der Waals surface area contributed by atoms with Gasteiger partial charge in [-0.05, 0) is 38.9 Å². The Labute approximate surface area is 114 Å². The molecule has 1 aromatic rings. The maximum Gasteiger partial charge on any atom is 0.225 e. The van der Waals surface area contributed by atoms with Crippen LogP contribution in [-0.4, -0.2) is 54.4 Å². The van der Waals surface area contributed by atoms with Gasteiger partial charge in [0.2, 0.25) is 5.95 Å². The first-order valence-corrected chi connectivity index (χ1v) is 6.63. The monoisotopic (exact) mass is 262 g/mol. The summed E-state index contributed by atoms with van der Waals surface area (Å²) in [5.74, 6) is 1.43. The van der Waals surface area contributed by atoms with Crippen LogP contribution in [0.3, 0.4) is 0 Å². The number of amidine groups is 1. The number of nitrogens with two attached hydrogens (primary N) is 1. The van der Waals surface area contributed by atoms with Crippen LogP contribution in [0.1, 0.15) is 18.5 Å². The second kappa shape index (κ2) is 5.97. The normalized spacial score (nSPS) is 16.9. The van der Waals surface area contributed by atoms with Gasteiger partial charge in [0.25, 0.3) is 0 Å². The number of nitrogens with zero attached hydrogens (tertiary/aromatic N) is 4. The zero-order valence-corrected chi connectivity index (χ0v) is 11.6. The number of nitrogens with one attached hydrogen (secondary N) is 1. The molecule has 0 unspecified atom stereocenters. The molecule has 0 aromatic carbocycles. The Kier molecular flexibility index (Phi) is 4.31. The van der Waals surface area contributed by atoms with E-state index < -0.39 is 0 Å². The number of aromatic nitrogens is 2. The number of nitrogen functional groups attached to an aromatic ring is 1. The van der Waals surface area contributed by atoms with Crippen molar-refractivity contribution < 1.29 is 0 Å². The Bertz CT molecular complexity index is 437. The second-order valence-electron chi connectivity index (χ2n) is 5.35. The fourth-order valence-electron chi connectivity index (χ4n) is 2.48. The zero-order valence-electron chi connectivity index (χ0n) is 11.6. The third kappa shape index (κ3) is 3.64. The molecule has 6 heteroatoms. The first-order chi connectivity index (χ1) is 9.06. The molecule has 0 amide bonds. The summed E-state index contributed by atoms with van der Waals surface area (Å²) in [6, 6.07) is 1.67. The van der Waals surface area contributed by atoms with E-state index in [1.54, 1.807) is 12.3 Å². The van der Waals surface area contributed by atoms with E-state index >= 15 is 0 Å². The topological polar surface area (TPSA) is 82.1 Å². The average molecular weight is 262 g/mol. The minimum Gasteiger partial charge on any atom is -0.382 e. The first kappa shape index (κ1) is 13.7. The van der Waals surface area contributed by atoms with Gasteiger partial charge in [0, 0.05) is 25.8 Å². The lowest BCUT2D eigenvalue weighted by Crippen LogP contribution is -2.38. The molecular weight excluding hydrogens is 240 g/mol. The minimum absolute atomic E-state index is 0.00820. The van der Waals surface area contributed by atoms with Gasteiger partial charge < -0.3 is 15.5 Å². The van der Waals surface area contributed by atoms with Crippen molar-refractivity contribution >= 4 is 11.8 Å². The summed E-state index contributed by atoms with van der Waals surface area (Å²) in [6.07, 6.45) is 3.99. The number of rotatable bonds is 4. The standard InChI is InChI=1S/C13H22N6/c1-18(2)9-10-4-7-19(8-5-10)13-16-6-3-11(17-13)12(14)15/h3,6,10H,4-5,7-9H2,1-2H3,(H3,14,15). The van der Waals surface area contributed by atoms with Gasteiger partial charge in [-0.2, -0.15) is 0 Å². The molecule has 1 fully saturated rings. The van der Waals surface area contributed by atoms with Crippen molar-refractivity contribution in [1.29, 1.82) is 5.41 Å². The number of hydrogen-bond donors (Lipinski definition) is 2. The second-order valence-corrected chi connectivity index (χ2v) is 5.35. The van der Waals surface area contributed by atoms with Gasteiger partial charge in [-0.3, -0.25) is 5.41 Å². The molecule has 6 nitrogen and oxygen atoms in total. The molecular formula is C13H22N6. The van der Waals surface area contributed by atoms with Crippen LogP contribution in [0.15, 0.2) is 12.3 Å². The lowest BCUT2D eigenvalue weighted by atomic mass is 9.97. The largest absolute Gasteiger partial charge is 0.382 e. The van der Waals surface area contributed by atoms with Crippen molar-refractivity contribution in [3.05, 3.63) is 18.0 Å².